The minimum atomic E-state index is 1.06. The molecule has 0 aliphatic heterocycles. The van der Waals surface area contributed by atoms with E-state index in [2.05, 4.69) is 25.8 Å². The van der Waals surface area contributed by atoms with Crippen LogP contribution in [0, 0.1) is 0 Å². The summed E-state index contributed by atoms with van der Waals surface area (Å²) in [6, 6.07) is 0. The van der Waals surface area contributed by atoms with Gasteiger partial charge < -0.3 is 0 Å². The molecule has 9 heavy (non-hydrogen) atoms. The molecule has 0 aromatic heterocycles. The lowest BCUT2D eigenvalue weighted by molar-refractivity contribution is 0.916. The Labute approximate surface area is 57.6 Å². The SMILES string of the molecule is C=C=C(C)C(=C)CCC. The average molecular weight is 122 g/mol. The van der Waals surface area contributed by atoms with E-state index in [-0.39, 0.29) is 0 Å². The van der Waals surface area contributed by atoms with Gasteiger partial charge in [-0.25, -0.2) is 0 Å². The average Bonchev–Trinajstić information content (AvgIpc) is 1.87. The largest absolute Gasteiger partial charge is 0.125 e. The van der Waals surface area contributed by atoms with E-state index in [1.54, 1.807) is 0 Å². The zero-order valence-electron chi connectivity index (χ0n) is 6.33. The van der Waals surface area contributed by atoms with Crippen LogP contribution in [0.5, 0.6) is 0 Å². The highest BCUT2D eigenvalue weighted by Crippen LogP contribution is 2.10. The molecular formula is C9H14. The molecular weight excluding hydrogens is 108 g/mol. The lowest BCUT2D eigenvalue weighted by Crippen LogP contribution is -1.79. The van der Waals surface area contributed by atoms with Gasteiger partial charge in [0.1, 0.15) is 0 Å². The van der Waals surface area contributed by atoms with Crippen molar-refractivity contribution in [3.8, 4) is 0 Å². The fraction of sp³-hybridized carbons (Fsp3) is 0.444. The number of hydrogen-bond acceptors (Lipinski definition) is 0. The molecule has 0 heteroatoms. The van der Waals surface area contributed by atoms with E-state index in [1.165, 1.54) is 0 Å². The Bertz CT molecular complexity index is 145. The van der Waals surface area contributed by atoms with Crippen LogP contribution >= 0.6 is 0 Å². The molecule has 0 aromatic carbocycles. The molecule has 0 fully saturated rings. The summed E-state index contributed by atoms with van der Waals surface area (Å²) in [5, 5.41) is 0. The molecule has 0 aromatic rings. The van der Waals surface area contributed by atoms with Gasteiger partial charge in [0.2, 0.25) is 0 Å². The Morgan fingerprint density at radius 3 is 2.44 bits per heavy atom. The fourth-order valence-corrected chi connectivity index (χ4v) is 0.614. The summed E-state index contributed by atoms with van der Waals surface area (Å²) in [7, 11) is 0. The van der Waals surface area contributed by atoms with Gasteiger partial charge in [-0.05, 0) is 24.5 Å². The van der Waals surface area contributed by atoms with E-state index in [0.717, 1.165) is 24.0 Å². The van der Waals surface area contributed by atoms with E-state index in [1.807, 2.05) is 6.92 Å². The van der Waals surface area contributed by atoms with Crippen molar-refractivity contribution in [3.05, 3.63) is 30.0 Å². The zero-order valence-corrected chi connectivity index (χ0v) is 6.33. The Hall–Kier alpha value is -0.740. The zero-order chi connectivity index (χ0) is 7.28. The summed E-state index contributed by atoms with van der Waals surface area (Å²) >= 11 is 0. The van der Waals surface area contributed by atoms with Gasteiger partial charge in [-0.15, -0.1) is 5.73 Å². The molecule has 0 rings (SSSR count). The molecule has 0 heterocycles. The van der Waals surface area contributed by atoms with E-state index >= 15 is 0 Å². The molecule has 0 unspecified atom stereocenters. The normalized spacial score (nSPS) is 8.22. The smallest absolute Gasteiger partial charge is 0.00715 e. The van der Waals surface area contributed by atoms with Crippen LogP contribution in [0.2, 0.25) is 0 Å². The third-order valence-electron chi connectivity index (χ3n) is 1.35. The van der Waals surface area contributed by atoms with Crippen LogP contribution in [0.3, 0.4) is 0 Å². The van der Waals surface area contributed by atoms with Gasteiger partial charge in [0.25, 0.3) is 0 Å². The Morgan fingerprint density at radius 2 is 2.11 bits per heavy atom. The van der Waals surface area contributed by atoms with E-state index in [0.29, 0.717) is 0 Å². The van der Waals surface area contributed by atoms with Crippen LogP contribution in [0.1, 0.15) is 26.7 Å². The molecule has 0 atom stereocenters. The molecule has 0 aliphatic rings. The molecule has 0 nitrogen and oxygen atoms in total. The van der Waals surface area contributed by atoms with Gasteiger partial charge in [-0.3, -0.25) is 0 Å². The third kappa shape index (κ3) is 2.94. The molecule has 50 valence electrons. The number of allylic oxidation sites excluding steroid dienone is 2. The summed E-state index contributed by atoms with van der Waals surface area (Å²) in [5.74, 6) is 0. The Kier molecular flexibility index (Phi) is 3.83. The summed E-state index contributed by atoms with van der Waals surface area (Å²) in [6.45, 7) is 11.5. The van der Waals surface area contributed by atoms with Crippen LogP contribution in [-0.4, -0.2) is 0 Å². The highest BCUT2D eigenvalue weighted by atomic mass is 14.0. The van der Waals surface area contributed by atoms with E-state index in [4.69, 9.17) is 0 Å². The van der Waals surface area contributed by atoms with Gasteiger partial charge in [-0.1, -0.05) is 26.5 Å². The third-order valence-corrected chi connectivity index (χ3v) is 1.35. The monoisotopic (exact) mass is 122 g/mol. The van der Waals surface area contributed by atoms with Gasteiger partial charge in [0.05, 0.1) is 0 Å². The van der Waals surface area contributed by atoms with E-state index in [9.17, 15) is 0 Å². The maximum atomic E-state index is 3.88. The Balaban J connectivity index is 3.89. The molecule has 0 spiro atoms. The molecule has 0 aliphatic carbocycles. The molecule has 0 bridgehead atoms. The Morgan fingerprint density at radius 1 is 1.56 bits per heavy atom. The second kappa shape index (κ2) is 4.17. The first kappa shape index (κ1) is 8.26. The van der Waals surface area contributed by atoms with Crippen molar-refractivity contribution in [2.45, 2.75) is 26.7 Å². The van der Waals surface area contributed by atoms with Crippen LogP contribution in [0.4, 0.5) is 0 Å². The van der Waals surface area contributed by atoms with Gasteiger partial charge in [-0.2, -0.15) is 0 Å². The number of rotatable bonds is 3. The summed E-state index contributed by atoms with van der Waals surface area (Å²) in [5.41, 5.74) is 5.07. The summed E-state index contributed by atoms with van der Waals surface area (Å²) in [6.07, 6.45) is 2.21. The van der Waals surface area contributed by atoms with Crippen molar-refractivity contribution in [2.75, 3.05) is 0 Å². The van der Waals surface area contributed by atoms with Crippen molar-refractivity contribution in [3.63, 3.8) is 0 Å². The standard InChI is InChI=1S/C9H14/c1-5-7-9(4)8(3)6-2/h2,4-5,7H2,1,3H3. The van der Waals surface area contributed by atoms with Crippen LogP contribution in [0.15, 0.2) is 30.0 Å². The highest BCUT2D eigenvalue weighted by molar-refractivity contribution is 5.24. The minimum Gasteiger partial charge on any atom is -0.125 e. The van der Waals surface area contributed by atoms with Crippen LogP contribution in [-0.2, 0) is 0 Å². The van der Waals surface area contributed by atoms with Crippen molar-refractivity contribution in [2.24, 2.45) is 0 Å². The first-order valence-corrected chi connectivity index (χ1v) is 3.27. The predicted octanol–water partition coefficient (Wildman–Crippen LogP) is 3.07. The van der Waals surface area contributed by atoms with Crippen molar-refractivity contribution in [1.29, 1.82) is 0 Å². The maximum absolute atomic E-state index is 3.88. The molecule has 0 N–H and O–H groups in total. The van der Waals surface area contributed by atoms with Gasteiger partial charge in [0.15, 0.2) is 0 Å². The van der Waals surface area contributed by atoms with Gasteiger partial charge in [0, 0.05) is 0 Å². The van der Waals surface area contributed by atoms with Crippen molar-refractivity contribution >= 4 is 0 Å². The predicted molar refractivity (Wildman–Crippen MR) is 42.4 cm³/mol. The fourth-order valence-electron chi connectivity index (χ4n) is 0.614. The second-order valence-corrected chi connectivity index (χ2v) is 2.16. The van der Waals surface area contributed by atoms with Gasteiger partial charge >= 0.3 is 0 Å². The minimum absolute atomic E-state index is 1.06. The molecule has 0 saturated heterocycles. The van der Waals surface area contributed by atoms with E-state index < -0.39 is 0 Å². The summed E-state index contributed by atoms with van der Waals surface area (Å²) in [4.78, 5) is 0. The first-order valence-electron chi connectivity index (χ1n) is 3.27. The maximum Gasteiger partial charge on any atom is -0.00715 e. The van der Waals surface area contributed by atoms with Crippen LogP contribution in [0.25, 0.3) is 0 Å². The molecule has 0 amide bonds. The highest BCUT2D eigenvalue weighted by Gasteiger charge is 1.91. The van der Waals surface area contributed by atoms with Crippen LogP contribution < -0.4 is 0 Å². The molecule has 0 radical (unpaired) electrons. The first-order chi connectivity index (χ1) is 4.22. The summed E-state index contributed by atoms with van der Waals surface area (Å²) < 4.78 is 0. The topological polar surface area (TPSA) is 0 Å². The quantitative estimate of drug-likeness (QED) is 0.398. The molecule has 0 saturated carbocycles. The number of hydrogen-bond donors (Lipinski definition) is 0. The van der Waals surface area contributed by atoms with Crippen molar-refractivity contribution < 1.29 is 0 Å². The second-order valence-electron chi connectivity index (χ2n) is 2.16. The lowest BCUT2D eigenvalue weighted by atomic mass is 10.1. The lowest BCUT2D eigenvalue weighted by Gasteiger charge is -1.98. The van der Waals surface area contributed by atoms with Crippen molar-refractivity contribution in [1.82, 2.24) is 0 Å².